The van der Waals surface area contributed by atoms with Gasteiger partial charge in [0.1, 0.15) is 11.7 Å². The summed E-state index contributed by atoms with van der Waals surface area (Å²) >= 11 is 6.39. The molecule has 28 heavy (non-hydrogen) atoms. The van der Waals surface area contributed by atoms with Crippen molar-refractivity contribution in [2.75, 3.05) is 19.6 Å². The number of benzene rings is 1. The summed E-state index contributed by atoms with van der Waals surface area (Å²) in [5, 5.41) is 5.14. The van der Waals surface area contributed by atoms with Gasteiger partial charge in [-0.2, -0.15) is 5.10 Å². The number of hydrogen-bond acceptors (Lipinski definition) is 2. The molecule has 1 saturated carbocycles. The summed E-state index contributed by atoms with van der Waals surface area (Å²) in [7, 11) is 1.87. The average Bonchev–Trinajstić information content (AvgIpc) is 3.29. The molecule has 0 bridgehead atoms. The van der Waals surface area contributed by atoms with Crippen molar-refractivity contribution < 1.29 is 9.69 Å². The molecule has 1 aliphatic carbocycles. The van der Waals surface area contributed by atoms with Crippen molar-refractivity contribution in [1.29, 1.82) is 0 Å². The number of carbonyl (C=O) groups is 1. The lowest BCUT2D eigenvalue weighted by molar-refractivity contribution is -0.909. The van der Waals surface area contributed by atoms with Crippen LogP contribution in [-0.4, -0.2) is 46.3 Å². The van der Waals surface area contributed by atoms with Crippen molar-refractivity contribution in [3.63, 3.8) is 0 Å². The maximum atomic E-state index is 13.8. The minimum absolute atomic E-state index is 0.239. The lowest BCUT2D eigenvalue weighted by atomic mass is 9.94. The summed E-state index contributed by atoms with van der Waals surface area (Å²) in [6, 6.07) is 10.8. The molecule has 0 spiro atoms. The molecule has 2 aromatic rings. The Labute approximate surface area is 172 Å². The number of hydrogen-bond donors (Lipinski definition) is 1. The molecule has 150 valence electrons. The second kappa shape index (κ2) is 7.88. The zero-order valence-electron chi connectivity index (χ0n) is 16.8. The molecule has 2 atom stereocenters. The normalized spacial score (nSPS) is 23.0. The van der Waals surface area contributed by atoms with Gasteiger partial charge >= 0.3 is 0 Å². The highest BCUT2D eigenvalue weighted by Gasteiger charge is 2.53. The van der Waals surface area contributed by atoms with Gasteiger partial charge in [-0.3, -0.25) is 9.48 Å². The lowest BCUT2D eigenvalue weighted by Crippen LogP contribution is -3.14. The molecule has 1 saturated heterocycles. The Balaban J connectivity index is 1.60. The lowest BCUT2D eigenvalue weighted by Gasteiger charge is -2.31. The predicted molar refractivity (Wildman–Crippen MR) is 110 cm³/mol. The number of amides is 1. The molecule has 1 amide bonds. The van der Waals surface area contributed by atoms with Gasteiger partial charge in [0.05, 0.1) is 36.6 Å². The standard InChI is InChI=1S/C22H29ClN4O/c1-3-26-13-7-10-18(26)14-27(16-20-19(23)15-25(2)24-20)21(28)22(11-12-22)17-8-5-4-6-9-17/h4-6,8-9,15,18H,3,7,10-14,16H2,1-2H3/p+1/t18-/m1/s1. The Kier molecular flexibility index (Phi) is 5.48. The maximum absolute atomic E-state index is 13.8. The number of nitrogens with zero attached hydrogens (tertiary/aromatic N) is 3. The van der Waals surface area contributed by atoms with Crippen molar-refractivity contribution in [1.82, 2.24) is 14.7 Å². The van der Waals surface area contributed by atoms with E-state index in [0.717, 1.165) is 37.2 Å². The van der Waals surface area contributed by atoms with E-state index >= 15 is 0 Å². The second-order valence-electron chi connectivity index (χ2n) is 8.33. The van der Waals surface area contributed by atoms with Gasteiger partial charge in [0.2, 0.25) is 5.91 Å². The van der Waals surface area contributed by atoms with Crippen LogP contribution in [0.3, 0.4) is 0 Å². The average molecular weight is 402 g/mol. The molecule has 4 rings (SSSR count). The summed E-state index contributed by atoms with van der Waals surface area (Å²) < 4.78 is 1.73. The highest BCUT2D eigenvalue weighted by atomic mass is 35.5. The minimum atomic E-state index is -0.354. The van der Waals surface area contributed by atoms with Gasteiger partial charge in [0.15, 0.2) is 0 Å². The van der Waals surface area contributed by atoms with Crippen LogP contribution in [0.15, 0.2) is 36.5 Å². The van der Waals surface area contributed by atoms with Crippen molar-refractivity contribution in [3.8, 4) is 0 Å². The number of aromatic nitrogens is 2. The Hall–Kier alpha value is -1.85. The van der Waals surface area contributed by atoms with E-state index in [0.29, 0.717) is 17.6 Å². The van der Waals surface area contributed by atoms with Crippen LogP contribution in [0.2, 0.25) is 5.02 Å². The van der Waals surface area contributed by atoms with E-state index in [2.05, 4.69) is 24.2 Å². The van der Waals surface area contributed by atoms with Crippen LogP contribution < -0.4 is 4.90 Å². The molecule has 2 aliphatic rings. The molecule has 1 N–H and O–H groups in total. The van der Waals surface area contributed by atoms with Crippen molar-refractivity contribution >= 4 is 17.5 Å². The zero-order valence-corrected chi connectivity index (χ0v) is 17.6. The van der Waals surface area contributed by atoms with E-state index in [9.17, 15) is 4.79 Å². The SMILES string of the molecule is CC[NH+]1CCC[C@@H]1CN(Cc1nn(C)cc1Cl)C(=O)C1(c2ccccc2)CC1. The number of likely N-dealkylation sites (tertiary alicyclic amines) is 1. The van der Waals surface area contributed by atoms with Gasteiger partial charge in [0, 0.05) is 26.1 Å². The van der Waals surface area contributed by atoms with E-state index in [1.165, 1.54) is 19.4 Å². The smallest absolute Gasteiger partial charge is 0.233 e. The minimum Gasteiger partial charge on any atom is -0.331 e. The second-order valence-corrected chi connectivity index (χ2v) is 8.74. The van der Waals surface area contributed by atoms with Gasteiger partial charge < -0.3 is 9.80 Å². The molecular weight excluding hydrogens is 372 g/mol. The zero-order chi connectivity index (χ0) is 19.7. The number of rotatable bonds is 7. The number of nitrogens with one attached hydrogen (secondary N) is 1. The highest BCUT2D eigenvalue weighted by Crippen LogP contribution is 2.49. The Morgan fingerprint density at radius 1 is 1.36 bits per heavy atom. The molecule has 2 heterocycles. The van der Waals surface area contributed by atoms with Gasteiger partial charge in [-0.15, -0.1) is 0 Å². The van der Waals surface area contributed by atoms with Crippen LogP contribution in [0, 0.1) is 0 Å². The molecule has 1 aliphatic heterocycles. The number of likely N-dealkylation sites (N-methyl/N-ethyl adjacent to an activating group) is 1. The third-order valence-electron chi connectivity index (χ3n) is 6.49. The van der Waals surface area contributed by atoms with E-state index in [4.69, 9.17) is 11.6 Å². The summed E-state index contributed by atoms with van der Waals surface area (Å²) in [6.07, 6.45) is 6.09. The first-order valence-electron chi connectivity index (χ1n) is 10.4. The molecule has 1 aromatic carbocycles. The molecular formula is C22H30ClN4O+. The molecule has 5 nitrogen and oxygen atoms in total. The Morgan fingerprint density at radius 3 is 2.71 bits per heavy atom. The Morgan fingerprint density at radius 2 is 2.11 bits per heavy atom. The summed E-state index contributed by atoms with van der Waals surface area (Å²) in [6.45, 7) is 5.82. The fourth-order valence-electron chi connectivity index (χ4n) is 4.76. The largest absolute Gasteiger partial charge is 0.331 e. The van der Waals surface area contributed by atoms with E-state index < -0.39 is 0 Å². The highest BCUT2D eigenvalue weighted by molar-refractivity contribution is 6.31. The summed E-state index contributed by atoms with van der Waals surface area (Å²) in [5.41, 5.74) is 1.58. The molecule has 6 heteroatoms. The number of quaternary nitrogens is 1. The van der Waals surface area contributed by atoms with Crippen LogP contribution in [0.25, 0.3) is 0 Å². The number of halogens is 1. The van der Waals surface area contributed by atoms with Crippen molar-refractivity contribution in [2.24, 2.45) is 7.05 Å². The number of carbonyl (C=O) groups excluding carboxylic acids is 1. The first-order chi connectivity index (χ1) is 13.5. The van der Waals surface area contributed by atoms with Crippen molar-refractivity contribution in [2.45, 2.75) is 50.6 Å². The monoisotopic (exact) mass is 401 g/mol. The van der Waals surface area contributed by atoms with Crippen LogP contribution in [0.4, 0.5) is 0 Å². The fourth-order valence-corrected chi connectivity index (χ4v) is 5.00. The van der Waals surface area contributed by atoms with Crippen LogP contribution in [0.5, 0.6) is 0 Å². The van der Waals surface area contributed by atoms with Gasteiger partial charge in [-0.1, -0.05) is 41.9 Å². The van der Waals surface area contributed by atoms with Crippen LogP contribution >= 0.6 is 11.6 Å². The molecule has 2 fully saturated rings. The third kappa shape index (κ3) is 3.70. The van der Waals surface area contributed by atoms with Gasteiger partial charge in [0.25, 0.3) is 0 Å². The van der Waals surface area contributed by atoms with E-state index in [1.54, 1.807) is 9.58 Å². The molecule has 1 unspecified atom stereocenters. The van der Waals surface area contributed by atoms with Gasteiger partial charge in [-0.05, 0) is 25.3 Å². The van der Waals surface area contributed by atoms with Crippen molar-refractivity contribution in [3.05, 3.63) is 52.8 Å². The van der Waals surface area contributed by atoms with E-state index in [1.807, 2.05) is 36.3 Å². The van der Waals surface area contributed by atoms with Gasteiger partial charge in [-0.25, -0.2) is 0 Å². The quantitative estimate of drug-likeness (QED) is 0.772. The van der Waals surface area contributed by atoms with Crippen LogP contribution in [0.1, 0.15) is 43.9 Å². The number of aryl methyl sites for hydroxylation is 1. The first kappa shape index (κ1) is 19.5. The predicted octanol–water partition coefficient (Wildman–Crippen LogP) is 2.20. The molecule has 1 aromatic heterocycles. The fraction of sp³-hybridized carbons (Fsp3) is 0.545. The third-order valence-corrected chi connectivity index (χ3v) is 6.81. The van der Waals surface area contributed by atoms with E-state index in [-0.39, 0.29) is 11.3 Å². The summed E-state index contributed by atoms with van der Waals surface area (Å²) in [5.74, 6) is 0.239. The van der Waals surface area contributed by atoms with Crippen LogP contribution in [-0.2, 0) is 23.8 Å². The topological polar surface area (TPSA) is 42.6 Å². The Bertz CT molecular complexity index is 830. The molecule has 0 radical (unpaired) electrons. The summed E-state index contributed by atoms with van der Waals surface area (Å²) in [4.78, 5) is 17.4. The maximum Gasteiger partial charge on any atom is 0.233 e. The first-order valence-corrected chi connectivity index (χ1v) is 10.8.